The number of benzodiazepines with no additional fused rings is 1. The number of carboxylic acids is 1. The van der Waals surface area contributed by atoms with Gasteiger partial charge in [0.15, 0.2) is 0 Å². The lowest BCUT2D eigenvalue weighted by molar-refractivity contribution is -0.255. The number of carbonyl (C=O) groups excluding carboxylic acids is 1. The van der Waals surface area contributed by atoms with Gasteiger partial charge in [-0.05, 0) is 41.0 Å². The van der Waals surface area contributed by atoms with E-state index in [4.69, 9.17) is 9.73 Å². The second-order valence-electron chi connectivity index (χ2n) is 7.38. The number of aliphatic imine (C=N–C) groups is 1. The molecule has 0 radical (unpaired) electrons. The molecule has 172 valence electrons. The average Bonchev–Trinajstić information content (AvgIpc) is 2.96. The van der Waals surface area contributed by atoms with E-state index >= 15 is 0 Å². The van der Waals surface area contributed by atoms with Crippen LogP contribution in [0.5, 0.6) is 5.75 Å². The lowest BCUT2D eigenvalue weighted by atomic mass is 10.1. The van der Waals surface area contributed by atoms with Gasteiger partial charge in [0.2, 0.25) is 0 Å². The molecule has 5 nitrogen and oxygen atoms in total. The molecule has 0 bridgehead atoms. The third-order valence-corrected chi connectivity index (χ3v) is 5.20. The first kappa shape index (κ1) is 26.0. The second kappa shape index (κ2) is 12.1. The quantitative estimate of drug-likeness (QED) is 0.520. The molecule has 1 aliphatic rings. The summed E-state index contributed by atoms with van der Waals surface area (Å²) in [6.07, 6.45) is 4.10. The van der Waals surface area contributed by atoms with Crippen LogP contribution in [0.2, 0.25) is 0 Å². The third kappa shape index (κ3) is 6.60. The Bertz CT molecular complexity index is 1140. The van der Waals surface area contributed by atoms with Gasteiger partial charge in [-0.25, -0.2) is 0 Å². The van der Waals surface area contributed by atoms with Crippen LogP contribution in [0.4, 0.5) is 5.69 Å². The van der Waals surface area contributed by atoms with Crippen molar-refractivity contribution in [3.63, 3.8) is 0 Å². The molecule has 0 saturated carbocycles. The molecule has 0 fully saturated rings. The first-order valence-electron chi connectivity index (χ1n) is 10.2. The second-order valence-corrected chi connectivity index (χ2v) is 7.38. The molecule has 0 spiro atoms. The number of allylic oxidation sites excluding steroid dienone is 1. The maximum absolute atomic E-state index is 10.8. The number of para-hydroxylation sites is 1. The zero-order valence-corrected chi connectivity index (χ0v) is 19.8. The highest BCUT2D eigenvalue weighted by Gasteiger charge is 2.13. The number of hydrogen-bond donors (Lipinski definition) is 0. The highest BCUT2D eigenvalue weighted by atomic mass is 35.5. The molecular formula is C26H25Cl2N2O3-. The lowest BCUT2D eigenvalue weighted by Crippen LogP contribution is -2.22. The maximum atomic E-state index is 10.8. The predicted molar refractivity (Wildman–Crippen MR) is 136 cm³/mol. The van der Waals surface area contributed by atoms with Crippen molar-refractivity contribution in [1.29, 1.82) is 0 Å². The van der Waals surface area contributed by atoms with Crippen LogP contribution < -0.4 is 14.7 Å². The number of nitrogens with zero attached hydrogens (tertiary/aromatic N) is 2. The van der Waals surface area contributed by atoms with Crippen molar-refractivity contribution in [3.05, 3.63) is 101 Å². The van der Waals surface area contributed by atoms with E-state index in [2.05, 4.69) is 36.2 Å². The molecule has 0 unspecified atom stereocenters. The van der Waals surface area contributed by atoms with E-state index in [9.17, 15) is 9.90 Å². The Morgan fingerprint density at radius 3 is 2.55 bits per heavy atom. The molecule has 0 atom stereocenters. The Balaban J connectivity index is 0.00000193. The summed E-state index contributed by atoms with van der Waals surface area (Å²) >= 11 is 0. The van der Waals surface area contributed by atoms with E-state index in [1.165, 1.54) is 17.8 Å². The number of anilines is 1. The topological polar surface area (TPSA) is 65.0 Å². The zero-order chi connectivity index (χ0) is 21.6. The van der Waals surface area contributed by atoms with Crippen molar-refractivity contribution in [2.75, 3.05) is 25.0 Å². The summed E-state index contributed by atoms with van der Waals surface area (Å²) in [7, 11) is 2.09. The first-order chi connectivity index (χ1) is 15.1. The number of aromatic carboxylic acids is 1. The SMILES string of the molecule is CN1CCN=C(/C=C/c2cccc(OCc3ccc(C(=O)[O-])cc3)c2)c2ccccc21.Cl.Cl. The number of likely N-dealkylation sites (N-methyl/N-ethyl adjacent to an activating group) is 1. The van der Waals surface area contributed by atoms with Gasteiger partial charge in [-0.15, -0.1) is 24.8 Å². The fraction of sp³-hybridized carbons (Fsp3) is 0.154. The predicted octanol–water partition coefficient (Wildman–Crippen LogP) is 4.43. The van der Waals surface area contributed by atoms with E-state index in [1.54, 1.807) is 12.1 Å². The van der Waals surface area contributed by atoms with Crippen molar-refractivity contribution >= 4 is 48.3 Å². The van der Waals surface area contributed by atoms with Crippen molar-refractivity contribution in [1.82, 2.24) is 0 Å². The Kier molecular flexibility index (Phi) is 9.52. The summed E-state index contributed by atoms with van der Waals surface area (Å²) in [4.78, 5) is 17.8. The number of halogens is 2. The van der Waals surface area contributed by atoms with E-state index in [-0.39, 0.29) is 30.4 Å². The minimum Gasteiger partial charge on any atom is -0.545 e. The van der Waals surface area contributed by atoms with E-state index in [0.717, 1.165) is 41.2 Å². The highest BCUT2D eigenvalue weighted by Crippen LogP contribution is 2.23. The molecule has 1 aliphatic heterocycles. The summed E-state index contributed by atoms with van der Waals surface area (Å²) in [5.74, 6) is -0.437. The van der Waals surface area contributed by atoms with Crippen LogP contribution in [-0.4, -0.2) is 31.8 Å². The van der Waals surface area contributed by atoms with Gasteiger partial charge >= 0.3 is 0 Å². The summed E-state index contributed by atoms with van der Waals surface area (Å²) in [5, 5.41) is 10.8. The standard InChI is InChI=1S/C26H24N2O3.2ClH/c1-28-16-15-27-24(23-7-2-3-8-25(23)28)14-11-19-5-4-6-22(17-19)31-18-20-9-12-21(13-10-20)26(29)30;;/h2-14,17H,15-16,18H2,1H3,(H,29,30);2*1H/p-1/b14-11+;;. The summed E-state index contributed by atoms with van der Waals surface area (Å²) in [6.45, 7) is 2.00. The molecule has 0 aromatic heterocycles. The highest BCUT2D eigenvalue weighted by molar-refractivity contribution is 6.14. The number of carbonyl (C=O) groups is 1. The fourth-order valence-electron chi connectivity index (χ4n) is 3.48. The van der Waals surface area contributed by atoms with Gasteiger partial charge in [-0.3, -0.25) is 4.99 Å². The van der Waals surface area contributed by atoms with Crippen molar-refractivity contribution in [2.45, 2.75) is 6.61 Å². The maximum Gasteiger partial charge on any atom is 0.120 e. The fourth-order valence-corrected chi connectivity index (χ4v) is 3.48. The third-order valence-electron chi connectivity index (χ3n) is 5.20. The van der Waals surface area contributed by atoms with Crippen molar-refractivity contribution in [3.8, 4) is 5.75 Å². The summed E-state index contributed by atoms with van der Waals surface area (Å²) in [6, 6.07) is 22.7. The van der Waals surface area contributed by atoms with Crippen LogP contribution >= 0.6 is 24.8 Å². The minimum atomic E-state index is -1.18. The molecular weight excluding hydrogens is 459 g/mol. The Morgan fingerprint density at radius 2 is 1.79 bits per heavy atom. The van der Waals surface area contributed by atoms with E-state index in [0.29, 0.717) is 6.61 Å². The van der Waals surface area contributed by atoms with Crippen molar-refractivity contribution in [2.24, 2.45) is 4.99 Å². The Labute approximate surface area is 206 Å². The van der Waals surface area contributed by atoms with Crippen LogP contribution in [0, 0.1) is 0 Å². The van der Waals surface area contributed by atoms with Gasteiger partial charge < -0.3 is 19.5 Å². The smallest absolute Gasteiger partial charge is 0.120 e. The summed E-state index contributed by atoms with van der Waals surface area (Å²) < 4.78 is 5.88. The summed E-state index contributed by atoms with van der Waals surface area (Å²) in [5.41, 5.74) is 5.35. The monoisotopic (exact) mass is 483 g/mol. The number of carboxylic acid groups (broad SMARTS) is 1. The van der Waals surface area contributed by atoms with Gasteiger partial charge in [0.25, 0.3) is 0 Å². The molecule has 3 aromatic carbocycles. The van der Waals surface area contributed by atoms with E-state index < -0.39 is 5.97 Å². The van der Waals surface area contributed by atoms with Gasteiger partial charge in [0, 0.05) is 24.8 Å². The molecule has 0 saturated heterocycles. The minimum absolute atomic E-state index is 0. The molecule has 0 aliphatic carbocycles. The van der Waals surface area contributed by atoms with Crippen LogP contribution in [0.15, 0.2) is 83.9 Å². The first-order valence-corrected chi connectivity index (χ1v) is 10.2. The molecule has 1 heterocycles. The number of rotatable bonds is 6. The Morgan fingerprint density at radius 1 is 1.03 bits per heavy atom. The van der Waals surface area contributed by atoms with Crippen LogP contribution in [0.3, 0.4) is 0 Å². The lowest BCUT2D eigenvalue weighted by Gasteiger charge is -2.18. The molecule has 4 rings (SSSR count). The zero-order valence-electron chi connectivity index (χ0n) is 18.1. The molecule has 0 amide bonds. The average molecular weight is 484 g/mol. The Hall–Kier alpha value is -3.28. The van der Waals surface area contributed by atoms with E-state index in [1.807, 2.05) is 36.4 Å². The van der Waals surface area contributed by atoms with Gasteiger partial charge in [0.05, 0.1) is 18.2 Å². The number of fused-ring (bicyclic) bond motifs is 1. The van der Waals surface area contributed by atoms with Gasteiger partial charge in [-0.1, -0.05) is 60.7 Å². The van der Waals surface area contributed by atoms with Crippen LogP contribution in [0.25, 0.3) is 6.08 Å². The van der Waals surface area contributed by atoms with Gasteiger partial charge in [0.1, 0.15) is 12.4 Å². The molecule has 33 heavy (non-hydrogen) atoms. The molecule has 7 heteroatoms. The molecule has 0 N–H and O–H groups in total. The number of ether oxygens (including phenoxy) is 1. The largest absolute Gasteiger partial charge is 0.545 e. The van der Waals surface area contributed by atoms with Gasteiger partial charge in [-0.2, -0.15) is 0 Å². The van der Waals surface area contributed by atoms with Crippen LogP contribution in [-0.2, 0) is 6.61 Å². The normalized spacial score (nSPS) is 12.6. The van der Waals surface area contributed by atoms with Crippen molar-refractivity contribution < 1.29 is 14.6 Å². The number of benzene rings is 3. The number of hydrogen-bond acceptors (Lipinski definition) is 5. The van der Waals surface area contributed by atoms with Crippen LogP contribution in [0.1, 0.15) is 27.0 Å². The molecule has 3 aromatic rings.